The van der Waals surface area contributed by atoms with E-state index in [-0.39, 0.29) is 17.9 Å². The summed E-state index contributed by atoms with van der Waals surface area (Å²) in [7, 11) is 0. The van der Waals surface area contributed by atoms with E-state index in [1.54, 1.807) is 32.9 Å². The number of amides is 3. The summed E-state index contributed by atoms with van der Waals surface area (Å²) < 4.78 is 5.35. The molecule has 1 aromatic rings. The van der Waals surface area contributed by atoms with Crippen LogP contribution in [0.25, 0.3) is 0 Å². The molecule has 0 fully saturated rings. The van der Waals surface area contributed by atoms with Crippen molar-refractivity contribution in [3.8, 4) is 12.5 Å². The van der Waals surface area contributed by atoms with Crippen LogP contribution < -0.4 is 10.6 Å². The SMILES string of the molecule is C#CN(C(=O)C(NC(=O)OC(C)(C)C)C(C)CC)C(C(=O)NC(C)C)c1ccc(CC)cc1. The molecule has 0 saturated heterocycles. The lowest BCUT2D eigenvalue weighted by Crippen LogP contribution is -2.54. The first-order valence-electron chi connectivity index (χ1n) is 11.5. The Morgan fingerprint density at radius 1 is 1.06 bits per heavy atom. The van der Waals surface area contributed by atoms with Crippen LogP contribution in [0.1, 0.15) is 79.0 Å². The second-order valence-electron chi connectivity index (χ2n) is 9.51. The second-order valence-corrected chi connectivity index (χ2v) is 9.51. The van der Waals surface area contributed by atoms with Crippen molar-refractivity contribution in [2.24, 2.45) is 5.92 Å². The molecule has 0 spiro atoms. The Bertz CT molecular complexity index is 850. The number of carbonyl (C=O) groups is 3. The molecule has 1 aromatic carbocycles. The zero-order valence-electron chi connectivity index (χ0n) is 21.2. The van der Waals surface area contributed by atoms with E-state index in [1.807, 2.05) is 46.8 Å². The van der Waals surface area contributed by atoms with Crippen LogP contribution >= 0.6 is 0 Å². The summed E-state index contributed by atoms with van der Waals surface area (Å²) in [6.07, 6.45) is 6.52. The Balaban J connectivity index is 3.39. The van der Waals surface area contributed by atoms with Crippen LogP contribution in [-0.4, -0.2) is 40.5 Å². The molecule has 0 aliphatic carbocycles. The van der Waals surface area contributed by atoms with Crippen molar-refractivity contribution in [2.45, 2.75) is 92.0 Å². The Hall–Kier alpha value is -3.01. The average Bonchev–Trinajstić information content (AvgIpc) is 2.73. The monoisotopic (exact) mass is 457 g/mol. The fourth-order valence-electron chi connectivity index (χ4n) is 3.25. The van der Waals surface area contributed by atoms with Gasteiger partial charge in [-0.2, -0.15) is 0 Å². The number of nitrogens with zero attached hydrogens (tertiary/aromatic N) is 1. The van der Waals surface area contributed by atoms with Crippen molar-refractivity contribution < 1.29 is 19.1 Å². The quantitative estimate of drug-likeness (QED) is 0.430. The second kappa shape index (κ2) is 12.3. The van der Waals surface area contributed by atoms with E-state index in [9.17, 15) is 14.4 Å². The number of ether oxygens (including phenoxy) is 1. The molecule has 3 unspecified atom stereocenters. The van der Waals surface area contributed by atoms with Gasteiger partial charge in [0.2, 0.25) is 5.91 Å². The van der Waals surface area contributed by atoms with E-state index < -0.39 is 29.7 Å². The van der Waals surface area contributed by atoms with E-state index in [0.717, 1.165) is 16.9 Å². The Kier molecular flexibility index (Phi) is 10.4. The number of terminal acetylenes is 1. The summed E-state index contributed by atoms with van der Waals surface area (Å²) in [5.41, 5.74) is 0.973. The number of alkyl carbamates (subject to hydrolysis) is 1. The molecule has 0 heterocycles. The zero-order valence-corrected chi connectivity index (χ0v) is 21.2. The summed E-state index contributed by atoms with van der Waals surface area (Å²) in [5.74, 6) is -1.17. The van der Waals surface area contributed by atoms with Gasteiger partial charge in [0.25, 0.3) is 5.91 Å². The summed E-state index contributed by atoms with van der Waals surface area (Å²) >= 11 is 0. The predicted octanol–water partition coefficient (Wildman–Crippen LogP) is 4.17. The molecule has 0 aromatic heterocycles. The lowest BCUT2D eigenvalue weighted by Gasteiger charge is -2.32. The summed E-state index contributed by atoms with van der Waals surface area (Å²) in [4.78, 5) is 40.3. The van der Waals surface area contributed by atoms with Crippen LogP contribution in [0.3, 0.4) is 0 Å². The van der Waals surface area contributed by atoms with Crippen molar-refractivity contribution in [1.82, 2.24) is 15.5 Å². The molecule has 0 saturated carbocycles. The largest absolute Gasteiger partial charge is 0.444 e. The molecule has 33 heavy (non-hydrogen) atoms. The third kappa shape index (κ3) is 8.45. The molecule has 182 valence electrons. The predicted molar refractivity (Wildman–Crippen MR) is 130 cm³/mol. The van der Waals surface area contributed by atoms with Crippen molar-refractivity contribution in [2.75, 3.05) is 0 Å². The fraction of sp³-hybridized carbons (Fsp3) is 0.577. The van der Waals surface area contributed by atoms with Gasteiger partial charge in [-0.3, -0.25) is 14.5 Å². The molecule has 0 bridgehead atoms. The first-order valence-corrected chi connectivity index (χ1v) is 11.5. The minimum Gasteiger partial charge on any atom is -0.444 e. The van der Waals surface area contributed by atoms with Gasteiger partial charge in [-0.05, 0) is 58.1 Å². The standard InChI is InChI=1S/C26H39N3O4/c1-10-18(6)21(28-25(32)33-26(7,8)9)24(31)29(12-3)22(23(30)27-17(4)5)20-15-13-19(11-2)14-16-20/h3,13-18,21-22H,10-11H2,1-2,4-9H3,(H,27,30)(H,28,32). The van der Waals surface area contributed by atoms with Gasteiger partial charge in [0.1, 0.15) is 17.7 Å². The van der Waals surface area contributed by atoms with Gasteiger partial charge >= 0.3 is 6.09 Å². The number of hydrogen-bond acceptors (Lipinski definition) is 4. The van der Waals surface area contributed by atoms with E-state index in [1.165, 1.54) is 0 Å². The van der Waals surface area contributed by atoms with Gasteiger partial charge in [0, 0.05) is 12.1 Å². The molecule has 0 aliphatic heterocycles. The number of hydrogen-bond donors (Lipinski definition) is 2. The molecule has 2 N–H and O–H groups in total. The lowest BCUT2D eigenvalue weighted by atomic mass is 9.95. The summed E-state index contributed by atoms with van der Waals surface area (Å²) in [5, 5.41) is 5.52. The highest BCUT2D eigenvalue weighted by molar-refractivity contribution is 5.93. The topological polar surface area (TPSA) is 87.7 Å². The average molecular weight is 458 g/mol. The Morgan fingerprint density at radius 2 is 1.64 bits per heavy atom. The molecular weight excluding hydrogens is 418 g/mol. The van der Waals surface area contributed by atoms with E-state index >= 15 is 0 Å². The lowest BCUT2D eigenvalue weighted by molar-refractivity contribution is -0.139. The maximum atomic E-state index is 13.6. The van der Waals surface area contributed by atoms with Crippen molar-refractivity contribution in [3.05, 3.63) is 35.4 Å². The zero-order chi connectivity index (χ0) is 25.3. The molecule has 0 aliphatic rings. The van der Waals surface area contributed by atoms with Crippen LogP contribution in [0.4, 0.5) is 4.79 Å². The smallest absolute Gasteiger partial charge is 0.408 e. The summed E-state index contributed by atoms with van der Waals surface area (Å²) in [6, 6.07) is 7.69. The van der Waals surface area contributed by atoms with Crippen LogP contribution in [0.5, 0.6) is 0 Å². The van der Waals surface area contributed by atoms with Crippen LogP contribution in [0, 0.1) is 18.4 Å². The van der Waals surface area contributed by atoms with Crippen LogP contribution in [-0.2, 0) is 20.7 Å². The molecule has 0 radical (unpaired) electrons. The Morgan fingerprint density at radius 3 is 2.06 bits per heavy atom. The normalized spacial score (nSPS) is 13.9. The highest BCUT2D eigenvalue weighted by Gasteiger charge is 2.37. The Labute approximate surface area is 198 Å². The number of carbonyl (C=O) groups excluding carboxylic acids is 3. The molecule has 3 amide bonds. The van der Waals surface area contributed by atoms with E-state index in [4.69, 9.17) is 11.2 Å². The van der Waals surface area contributed by atoms with Crippen LogP contribution in [0.2, 0.25) is 0 Å². The highest BCUT2D eigenvalue weighted by Crippen LogP contribution is 2.25. The molecule has 7 nitrogen and oxygen atoms in total. The first kappa shape index (κ1) is 28.0. The maximum absolute atomic E-state index is 13.6. The highest BCUT2D eigenvalue weighted by atomic mass is 16.6. The minimum absolute atomic E-state index is 0.144. The van der Waals surface area contributed by atoms with Crippen LogP contribution in [0.15, 0.2) is 24.3 Å². The number of nitrogens with one attached hydrogen (secondary N) is 2. The third-order valence-corrected chi connectivity index (χ3v) is 5.17. The maximum Gasteiger partial charge on any atom is 0.408 e. The molecule has 3 atom stereocenters. The van der Waals surface area contributed by atoms with Gasteiger partial charge < -0.3 is 15.4 Å². The van der Waals surface area contributed by atoms with Gasteiger partial charge in [0.15, 0.2) is 0 Å². The molecule has 7 heteroatoms. The number of benzene rings is 1. The fourth-order valence-corrected chi connectivity index (χ4v) is 3.25. The van der Waals surface area contributed by atoms with E-state index in [2.05, 4.69) is 16.7 Å². The molecule has 1 rings (SSSR count). The minimum atomic E-state index is -1.04. The van der Waals surface area contributed by atoms with Gasteiger partial charge in [-0.1, -0.05) is 57.9 Å². The summed E-state index contributed by atoms with van der Waals surface area (Å²) in [6.45, 7) is 14.7. The van der Waals surface area contributed by atoms with Gasteiger partial charge in [0.05, 0.1) is 0 Å². The third-order valence-electron chi connectivity index (χ3n) is 5.17. The number of rotatable bonds is 9. The van der Waals surface area contributed by atoms with Crippen molar-refractivity contribution >= 4 is 17.9 Å². The van der Waals surface area contributed by atoms with Gasteiger partial charge in [-0.25, -0.2) is 4.79 Å². The number of aryl methyl sites for hydroxylation is 1. The van der Waals surface area contributed by atoms with Crippen molar-refractivity contribution in [1.29, 1.82) is 0 Å². The van der Waals surface area contributed by atoms with Gasteiger partial charge in [-0.15, -0.1) is 0 Å². The van der Waals surface area contributed by atoms with Crippen molar-refractivity contribution in [3.63, 3.8) is 0 Å². The molecular formula is C26H39N3O4. The van der Waals surface area contributed by atoms with E-state index in [0.29, 0.717) is 12.0 Å². The first-order chi connectivity index (χ1) is 15.3.